The zero-order chi connectivity index (χ0) is 8.39. The molecule has 3 nitrogen and oxygen atoms in total. The van der Waals surface area contributed by atoms with Crippen molar-refractivity contribution >= 4 is 11.7 Å². The van der Waals surface area contributed by atoms with Crippen LogP contribution in [0.5, 0.6) is 0 Å². The highest BCUT2D eigenvalue weighted by Crippen LogP contribution is 2.19. The number of oxime groups is 1. The summed E-state index contributed by atoms with van der Waals surface area (Å²) in [5.74, 6) is 0.0226. The van der Waals surface area contributed by atoms with Crippen LogP contribution in [-0.4, -0.2) is 11.7 Å². The van der Waals surface area contributed by atoms with E-state index in [0.717, 1.165) is 12.1 Å². The summed E-state index contributed by atoms with van der Waals surface area (Å²) in [6, 6.07) is 0. The molecule has 0 radical (unpaired) electrons. The van der Waals surface area contributed by atoms with Gasteiger partial charge in [0.2, 0.25) is 0 Å². The second-order valence-electron chi connectivity index (χ2n) is 2.88. The lowest BCUT2D eigenvalue weighted by Crippen LogP contribution is -2.11. The van der Waals surface area contributed by atoms with Crippen LogP contribution in [-0.2, 0) is 9.63 Å². The van der Waals surface area contributed by atoms with Crippen molar-refractivity contribution in [1.29, 1.82) is 0 Å². The zero-order valence-electron chi connectivity index (χ0n) is 6.56. The minimum Gasteiger partial charge on any atom is -0.318 e. The third kappa shape index (κ3) is 1.30. The molecule has 0 saturated carbocycles. The lowest BCUT2D eigenvalue weighted by molar-refractivity contribution is -0.140. The number of hydrogen-bond donors (Lipinski definition) is 0. The third-order valence-electron chi connectivity index (χ3n) is 2.00. The number of hydrogen-bond acceptors (Lipinski definition) is 3. The Labute approximate surface area is 70.4 Å². The number of allylic oxidation sites excluding steroid dienone is 4. The highest BCUT2D eigenvalue weighted by atomic mass is 16.7. The van der Waals surface area contributed by atoms with Gasteiger partial charge in [-0.25, -0.2) is 4.79 Å². The lowest BCUT2D eigenvalue weighted by atomic mass is 9.94. The van der Waals surface area contributed by atoms with Gasteiger partial charge in [-0.05, 0) is 6.42 Å². The molecule has 0 amide bonds. The molecule has 0 aromatic heterocycles. The molecule has 1 heterocycles. The molecule has 0 bridgehead atoms. The Morgan fingerprint density at radius 2 is 2.42 bits per heavy atom. The van der Waals surface area contributed by atoms with Gasteiger partial charge >= 0.3 is 5.97 Å². The summed E-state index contributed by atoms with van der Waals surface area (Å²) in [6.45, 7) is 0. The van der Waals surface area contributed by atoms with Crippen molar-refractivity contribution in [3.05, 3.63) is 24.3 Å². The Bertz CT molecular complexity index is 289. The van der Waals surface area contributed by atoms with Gasteiger partial charge < -0.3 is 4.84 Å². The highest BCUT2D eigenvalue weighted by molar-refractivity contribution is 6.03. The van der Waals surface area contributed by atoms with Crippen molar-refractivity contribution in [2.24, 2.45) is 11.1 Å². The van der Waals surface area contributed by atoms with Crippen LogP contribution in [0.25, 0.3) is 0 Å². The fourth-order valence-corrected chi connectivity index (χ4v) is 1.35. The summed E-state index contributed by atoms with van der Waals surface area (Å²) in [7, 11) is 0. The van der Waals surface area contributed by atoms with E-state index in [4.69, 9.17) is 0 Å². The summed E-state index contributed by atoms with van der Waals surface area (Å²) in [4.78, 5) is 15.2. The van der Waals surface area contributed by atoms with Crippen molar-refractivity contribution in [2.45, 2.75) is 12.8 Å². The molecule has 0 aromatic rings. The molecule has 0 aromatic carbocycles. The van der Waals surface area contributed by atoms with Crippen LogP contribution in [0, 0.1) is 5.92 Å². The molecular weight excluding hydrogens is 154 g/mol. The number of rotatable bonds is 1. The van der Waals surface area contributed by atoms with E-state index < -0.39 is 0 Å². The van der Waals surface area contributed by atoms with Gasteiger partial charge in [0, 0.05) is 5.92 Å². The first kappa shape index (κ1) is 7.28. The molecular formula is C9H9NO2. The van der Waals surface area contributed by atoms with Gasteiger partial charge in [-0.3, -0.25) is 0 Å². The largest absolute Gasteiger partial charge is 0.340 e. The van der Waals surface area contributed by atoms with Gasteiger partial charge in [-0.2, -0.15) is 0 Å². The van der Waals surface area contributed by atoms with Gasteiger partial charge in [-0.15, -0.1) is 0 Å². The molecule has 2 aliphatic rings. The van der Waals surface area contributed by atoms with Crippen LogP contribution in [0.1, 0.15) is 12.8 Å². The normalized spacial score (nSPS) is 27.2. The van der Waals surface area contributed by atoms with E-state index in [-0.39, 0.29) is 11.9 Å². The fourth-order valence-electron chi connectivity index (χ4n) is 1.35. The molecule has 3 heteroatoms. The van der Waals surface area contributed by atoms with E-state index >= 15 is 0 Å². The average molecular weight is 163 g/mol. The van der Waals surface area contributed by atoms with Crippen LogP contribution in [0.2, 0.25) is 0 Å². The van der Waals surface area contributed by atoms with Crippen LogP contribution in [0.15, 0.2) is 29.5 Å². The Balaban J connectivity index is 2.06. The maximum absolute atomic E-state index is 10.7. The van der Waals surface area contributed by atoms with Crippen molar-refractivity contribution in [3.63, 3.8) is 0 Å². The standard InChI is InChI=1S/C9H9NO2/c11-9-6-8(10-12-9)7-4-2-1-3-5-7/h1-4,7H,5-6H2. The zero-order valence-corrected chi connectivity index (χ0v) is 6.56. The molecule has 1 aliphatic carbocycles. The molecule has 1 aliphatic heterocycles. The molecule has 0 N–H and O–H groups in total. The van der Waals surface area contributed by atoms with Crippen LogP contribution < -0.4 is 0 Å². The first-order chi connectivity index (χ1) is 5.86. The van der Waals surface area contributed by atoms with E-state index in [2.05, 4.69) is 16.1 Å². The van der Waals surface area contributed by atoms with E-state index in [0.29, 0.717) is 6.42 Å². The van der Waals surface area contributed by atoms with Gasteiger partial charge in [0.1, 0.15) is 0 Å². The van der Waals surface area contributed by atoms with E-state index in [9.17, 15) is 4.79 Å². The predicted molar refractivity (Wildman–Crippen MR) is 44.5 cm³/mol. The first-order valence-corrected chi connectivity index (χ1v) is 3.96. The fraction of sp³-hybridized carbons (Fsp3) is 0.333. The van der Waals surface area contributed by atoms with Gasteiger partial charge in [-0.1, -0.05) is 29.5 Å². The molecule has 1 atom stereocenters. The SMILES string of the molecule is O=C1CC(C2C=CC=CC2)=NO1. The average Bonchev–Trinajstić information content (AvgIpc) is 2.54. The Hall–Kier alpha value is -1.38. The van der Waals surface area contributed by atoms with Gasteiger partial charge in [0.15, 0.2) is 0 Å². The first-order valence-electron chi connectivity index (χ1n) is 3.96. The topological polar surface area (TPSA) is 38.7 Å². The molecule has 0 spiro atoms. The summed E-state index contributed by atoms with van der Waals surface area (Å²) in [5.41, 5.74) is 0.848. The van der Waals surface area contributed by atoms with Crippen LogP contribution in [0.4, 0.5) is 0 Å². The Morgan fingerprint density at radius 1 is 1.50 bits per heavy atom. The quantitative estimate of drug-likeness (QED) is 0.548. The van der Waals surface area contributed by atoms with Gasteiger partial charge in [0.05, 0.1) is 12.1 Å². The number of carbonyl (C=O) groups is 1. The van der Waals surface area contributed by atoms with Crippen molar-refractivity contribution in [2.75, 3.05) is 0 Å². The molecule has 2 rings (SSSR count). The van der Waals surface area contributed by atoms with Crippen molar-refractivity contribution in [1.82, 2.24) is 0 Å². The summed E-state index contributed by atoms with van der Waals surface area (Å²) >= 11 is 0. The van der Waals surface area contributed by atoms with Gasteiger partial charge in [0.25, 0.3) is 0 Å². The smallest absolute Gasteiger partial charge is 0.318 e. The monoisotopic (exact) mass is 163 g/mol. The third-order valence-corrected chi connectivity index (χ3v) is 2.00. The van der Waals surface area contributed by atoms with E-state index in [1.807, 2.05) is 18.2 Å². The second kappa shape index (κ2) is 2.93. The van der Waals surface area contributed by atoms with Crippen molar-refractivity contribution in [3.8, 4) is 0 Å². The van der Waals surface area contributed by atoms with E-state index in [1.54, 1.807) is 0 Å². The molecule has 62 valence electrons. The molecule has 1 unspecified atom stereocenters. The minimum absolute atomic E-state index is 0.243. The van der Waals surface area contributed by atoms with Crippen LogP contribution in [0.3, 0.4) is 0 Å². The summed E-state index contributed by atoms with van der Waals surface area (Å²) in [5, 5.41) is 3.72. The molecule has 12 heavy (non-hydrogen) atoms. The maximum Gasteiger partial charge on any atom is 0.340 e. The second-order valence-corrected chi connectivity index (χ2v) is 2.88. The lowest BCUT2D eigenvalue weighted by Gasteiger charge is -2.09. The Morgan fingerprint density at radius 3 is 3.00 bits per heavy atom. The summed E-state index contributed by atoms with van der Waals surface area (Å²) < 4.78 is 0. The van der Waals surface area contributed by atoms with Crippen molar-refractivity contribution < 1.29 is 9.63 Å². The minimum atomic E-state index is -0.243. The number of nitrogens with zero attached hydrogens (tertiary/aromatic N) is 1. The summed E-state index contributed by atoms with van der Waals surface area (Å²) in [6.07, 6.45) is 9.35. The highest BCUT2D eigenvalue weighted by Gasteiger charge is 2.23. The number of carbonyl (C=O) groups excluding carboxylic acids is 1. The maximum atomic E-state index is 10.7. The molecule has 0 saturated heterocycles. The molecule has 0 fully saturated rings. The predicted octanol–water partition coefficient (Wildman–Crippen LogP) is 1.42. The Kier molecular flexibility index (Phi) is 1.78. The van der Waals surface area contributed by atoms with Crippen LogP contribution >= 0.6 is 0 Å². The van der Waals surface area contributed by atoms with E-state index in [1.165, 1.54) is 0 Å².